The molecule has 1 nitrogen and oxygen atoms in total. The van der Waals surface area contributed by atoms with Crippen molar-refractivity contribution in [3.05, 3.63) is 0 Å². The van der Waals surface area contributed by atoms with E-state index in [2.05, 4.69) is 6.92 Å². The van der Waals surface area contributed by atoms with Gasteiger partial charge >= 0.3 is 0 Å². The minimum Gasteiger partial charge on any atom is -0.303 e. The lowest BCUT2D eigenvalue weighted by molar-refractivity contribution is -0.112. The smallest absolute Gasteiger partial charge is 0.123 e. The molecule has 0 bridgehead atoms. The molecule has 2 rings (SSSR count). The number of carbonyl (C=O) groups is 1. The van der Waals surface area contributed by atoms with Crippen molar-refractivity contribution >= 4 is 6.29 Å². The molecule has 1 heteroatoms. The molecular weight excluding hydrogens is 232 g/mol. The molecule has 0 aromatic rings. The zero-order valence-corrected chi connectivity index (χ0v) is 12.4. The lowest BCUT2D eigenvalue weighted by Crippen LogP contribution is -2.26. The van der Waals surface area contributed by atoms with E-state index >= 15 is 0 Å². The van der Waals surface area contributed by atoms with Gasteiger partial charge < -0.3 is 4.79 Å². The standard InChI is InChI=1S/C18H32O/c1-2-3-4-5-15-6-10-17(11-7-15)18-12-8-16(14-19)9-13-18/h14-18H,2-13H2,1H3/i8D2,12D,16D. The Labute approximate surface area is 125 Å². The van der Waals surface area contributed by atoms with Crippen molar-refractivity contribution in [2.75, 3.05) is 0 Å². The predicted octanol–water partition coefficient (Wildman–Crippen LogP) is 5.38. The van der Waals surface area contributed by atoms with Gasteiger partial charge in [0.25, 0.3) is 0 Å². The molecule has 0 saturated heterocycles. The summed E-state index contributed by atoms with van der Waals surface area (Å²) in [6.45, 7) is 2.23. The highest BCUT2D eigenvalue weighted by Crippen LogP contribution is 2.41. The fourth-order valence-electron chi connectivity index (χ4n) is 3.74. The highest BCUT2D eigenvalue weighted by atomic mass is 16.1. The Bertz CT molecular complexity index is 392. The Kier molecular flexibility index (Phi) is 4.42. The van der Waals surface area contributed by atoms with Crippen LogP contribution in [0.15, 0.2) is 0 Å². The fraction of sp³-hybridized carbons (Fsp3) is 0.944. The summed E-state index contributed by atoms with van der Waals surface area (Å²) in [7, 11) is 0. The van der Waals surface area contributed by atoms with Gasteiger partial charge in [0.1, 0.15) is 6.29 Å². The number of carbonyl (C=O) groups excluding carboxylic acids is 1. The summed E-state index contributed by atoms with van der Waals surface area (Å²) in [5.41, 5.74) is 0. The SMILES string of the molecule is [2H]C1C(C2CCC(CCCCC)CC2)CCC([2H])(C=O)C1([2H])[2H]. The topological polar surface area (TPSA) is 17.1 Å². The molecule has 110 valence electrons. The fourth-order valence-corrected chi connectivity index (χ4v) is 3.74. The van der Waals surface area contributed by atoms with Crippen molar-refractivity contribution in [2.24, 2.45) is 23.6 Å². The second-order valence-corrected chi connectivity index (χ2v) is 6.43. The van der Waals surface area contributed by atoms with E-state index in [-0.39, 0.29) is 12.3 Å². The first kappa shape index (κ1) is 10.4. The van der Waals surface area contributed by atoms with Crippen LogP contribution in [0.25, 0.3) is 0 Å². The molecule has 0 amide bonds. The van der Waals surface area contributed by atoms with Crippen LogP contribution < -0.4 is 0 Å². The summed E-state index contributed by atoms with van der Waals surface area (Å²) < 4.78 is 32.7. The first-order valence-corrected chi connectivity index (χ1v) is 8.24. The average Bonchev–Trinajstić information content (AvgIpc) is 2.54. The highest BCUT2D eigenvalue weighted by Gasteiger charge is 2.30. The second kappa shape index (κ2) is 8.07. The third kappa shape index (κ3) is 4.61. The zero-order valence-electron chi connectivity index (χ0n) is 16.4. The average molecular weight is 268 g/mol. The lowest BCUT2D eigenvalue weighted by Gasteiger charge is -2.37. The quantitative estimate of drug-likeness (QED) is 0.467. The van der Waals surface area contributed by atoms with Gasteiger partial charge in [-0.2, -0.15) is 0 Å². The van der Waals surface area contributed by atoms with Gasteiger partial charge in [-0.25, -0.2) is 0 Å². The maximum absolute atomic E-state index is 11.2. The minimum atomic E-state index is -2.03. The summed E-state index contributed by atoms with van der Waals surface area (Å²) in [5.74, 6) is -0.494. The van der Waals surface area contributed by atoms with Crippen LogP contribution in [0.1, 0.15) is 89.4 Å². The molecule has 3 atom stereocenters. The van der Waals surface area contributed by atoms with Crippen LogP contribution in [0, 0.1) is 23.6 Å². The molecule has 0 aromatic carbocycles. The maximum Gasteiger partial charge on any atom is 0.123 e. The summed E-state index contributed by atoms with van der Waals surface area (Å²) in [4.78, 5) is 11.2. The molecule has 2 fully saturated rings. The molecular formula is C18H32O. The van der Waals surface area contributed by atoms with Gasteiger partial charge in [-0.05, 0) is 56.2 Å². The van der Waals surface area contributed by atoms with Crippen LogP contribution in [-0.4, -0.2) is 6.29 Å². The number of unbranched alkanes of at least 4 members (excludes halogenated alkanes) is 2. The number of hydrogen-bond donors (Lipinski definition) is 0. The van der Waals surface area contributed by atoms with E-state index < -0.39 is 18.7 Å². The summed E-state index contributed by atoms with van der Waals surface area (Å²) in [5, 5.41) is 0. The summed E-state index contributed by atoms with van der Waals surface area (Å²) in [6.07, 6.45) is 8.19. The van der Waals surface area contributed by atoms with Crippen molar-refractivity contribution in [1.29, 1.82) is 0 Å². The van der Waals surface area contributed by atoms with Gasteiger partial charge in [0.05, 0.1) is 0 Å². The van der Waals surface area contributed by atoms with E-state index in [0.717, 1.165) is 18.8 Å². The largest absolute Gasteiger partial charge is 0.303 e. The van der Waals surface area contributed by atoms with E-state index in [9.17, 15) is 4.79 Å². The summed E-state index contributed by atoms with van der Waals surface area (Å²) in [6, 6.07) is 0. The van der Waals surface area contributed by atoms with Gasteiger partial charge in [-0.1, -0.05) is 45.4 Å². The van der Waals surface area contributed by atoms with Gasteiger partial charge in [0, 0.05) is 11.4 Å². The Balaban J connectivity index is 1.90. The molecule has 19 heavy (non-hydrogen) atoms. The van der Waals surface area contributed by atoms with Crippen molar-refractivity contribution in [2.45, 2.75) is 83.9 Å². The molecule has 0 aliphatic heterocycles. The first-order valence-electron chi connectivity index (χ1n) is 10.3. The monoisotopic (exact) mass is 268 g/mol. The first-order chi connectivity index (χ1) is 10.9. The molecule has 0 heterocycles. The van der Waals surface area contributed by atoms with Crippen LogP contribution in [0.4, 0.5) is 0 Å². The lowest BCUT2D eigenvalue weighted by atomic mass is 9.69. The predicted molar refractivity (Wildman–Crippen MR) is 81.1 cm³/mol. The normalized spacial score (nSPS) is 49.5. The molecule has 2 saturated carbocycles. The highest BCUT2D eigenvalue weighted by molar-refractivity contribution is 5.53. The van der Waals surface area contributed by atoms with Crippen LogP contribution >= 0.6 is 0 Å². The molecule has 0 aromatic heterocycles. The van der Waals surface area contributed by atoms with Crippen LogP contribution in [0.3, 0.4) is 0 Å². The number of hydrogen-bond acceptors (Lipinski definition) is 1. The van der Waals surface area contributed by atoms with Crippen molar-refractivity contribution in [3.63, 3.8) is 0 Å². The van der Waals surface area contributed by atoms with Crippen LogP contribution in [0.2, 0.25) is 0 Å². The molecule has 2 aliphatic carbocycles. The third-order valence-corrected chi connectivity index (χ3v) is 5.08. The Hall–Kier alpha value is -0.330. The van der Waals surface area contributed by atoms with E-state index in [1.807, 2.05) is 0 Å². The molecule has 0 spiro atoms. The maximum atomic E-state index is 11.2. The van der Waals surface area contributed by atoms with E-state index in [1.165, 1.54) is 38.5 Å². The van der Waals surface area contributed by atoms with Gasteiger partial charge in [0.15, 0.2) is 0 Å². The van der Waals surface area contributed by atoms with Crippen molar-refractivity contribution in [3.8, 4) is 0 Å². The summed E-state index contributed by atoms with van der Waals surface area (Å²) >= 11 is 0. The van der Waals surface area contributed by atoms with Crippen molar-refractivity contribution in [1.82, 2.24) is 0 Å². The Morgan fingerprint density at radius 1 is 1.11 bits per heavy atom. The zero-order chi connectivity index (χ0) is 17.1. The number of aldehydes is 1. The van der Waals surface area contributed by atoms with Gasteiger partial charge in [-0.3, -0.25) is 0 Å². The molecule has 3 unspecified atom stereocenters. The van der Waals surface area contributed by atoms with Gasteiger partial charge in [0.2, 0.25) is 0 Å². The number of rotatable bonds is 6. The van der Waals surface area contributed by atoms with Crippen LogP contribution in [-0.2, 0) is 4.79 Å². The Morgan fingerprint density at radius 3 is 2.53 bits per heavy atom. The third-order valence-electron chi connectivity index (χ3n) is 5.08. The molecule has 0 N–H and O–H groups in total. The van der Waals surface area contributed by atoms with Crippen LogP contribution in [0.5, 0.6) is 0 Å². The second-order valence-electron chi connectivity index (χ2n) is 6.43. The van der Waals surface area contributed by atoms with Gasteiger partial charge in [-0.15, -0.1) is 0 Å². The van der Waals surface area contributed by atoms with E-state index in [4.69, 9.17) is 5.48 Å². The van der Waals surface area contributed by atoms with Crippen molar-refractivity contribution < 1.29 is 10.3 Å². The Morgan fingerprint density at radius 2 is 1.84 bits per heavy atom. The minimum absolute atomic E-state index is 0.0139. The molecule has 0 radical (unpaired) electrons. The van der Waals surface area contributed by atoms with E-state index in [0.29, 0.717) is 18.6 Å². The van der Waals surface area contributed by atoms with E-state index in [1.54, 1.807) is 0 Å². The molecule has 2 aliphatic rings.